The summed E-state index contributed by atoms with van der Waals surface area (Å²) in [6.07, 6.45) is 4.92. The van der Waals surface area contributed by atoms with Crippen molar-refractivity contribution in [1.29, 1.82) is 5.41 Å². The van der Waals surface area contributed by atoms with Crippen LogP contribution < -0.4 is 5.73 Å². The first kappa shape index (κ1) is 15.7. The smallest absolute Gasteiger partial charge is 0.0918 e. The van der Waals surface area contributed by atoms with Crippen LogP contribution in [0.5, 0.6) is 0 Å². The van der Waals surface area contributed by atoms with Crippen LogP contribution in [0.15, 0.2) is 12.3 Å². The van der Waals surface area contributed by atoms with Crippen molar-refractivity contribution in [3.8, 4) is 0 Å². The van der Waals surface area contributed by atoms with Gasteiger partial charge in [0, 0.05) is 25.7 Å². The summed E-state index contributed by atoms with van der Waals surface area (Å²) in [5, 5.41) is 11.9. The van der Waals surface area contributed by atoms with Gasteiger partial charge in [-0.05, 0) is 25.5 Å². The maximum Gasteiger partial charge on any atom is 0.0918 e. The Hall–Kier alpha value is -1.36. The fourth-order valence-electron chi connectivity index (χ4n) is 2.18. The van der Waals surface area contributed by atoms with Crippen LogP contribution in [0.4, 0.5) is 0 Å². The van der Waals surface area contributed by atoms with E-state index in [0.29, 0.717) is 12.5 Å². The average Bonchev–Trinajstić information content (AvgIpc) is 2.84. The topological polar surface area (TPSA) is 70.9 Å². The van der Waals surface area contributed by atoms with E-state index in [-0.39, 0.29) is 5.84 Å². The number of aromatic nitrogens is 2. The van der Waals surface area contributed by atoms with Gasteiger partial charge in [0.05, 0.1) is 17.6 Å². The van der Waals surface area contributed by atoms with Crippen LogP contribution >= 0.6 is 0 Å². The lowest BCUT2D eigenvalue weighted by molar-refractivity contribution is 0.282. The summed E-state index contributed by atoms with van der Waals surface area (Å²) in [4.78, 5) is 2.26. The number of hydrogen-bond acceptors (Lipinski definition) is 3. The molecule has 0 saturated carbocycles. The van der Waals surface area contributed by atoms with Crippen molar-refractivity contribution < 1.29 is 0 Å². The van der Waals surface area contributed by atoms with Gasteiger partial charge in [-0.1, -0.05) is 20.8 Å². The molecule has 0 saturated heterocycles. The summed E-state index contributed by atoms with van der Waals surface area (Å²) in [6, 6.07) is 2.59. The molecule has 3 N–H and O–H groups in total. The summed E-state index contributed by atoms with van der Waals surface area (Å²) in [6.45, 7) is 9.12. The van der Waals surface area contributed by atoms with Crippen LogP contribution in [0.3, 0.4) is 0 Å². The number of hydrogen-bond donors (Lipinski definition) is 2. The Kier molecular flexibility index (Phi) is 6.56. The Labute approximate surface area is 116 Å². The third-order valence-corrected chi connectivity index (χ3v) is 3.51. The van der Waals surface area contributed by atoms with Crippen LogP contribution in [0.1, 0.15) is 51.8 Å². The van der Waals surface area contributed by atoms with Crippen LogP contribution in [-0.4, -0.2) is 33.6 Å². The van der Waals surface area contributed by atoms with Crippen molar-refractivity contribution in [3.63, 3.8) is 0 Å². The van der Waals surface area contributed by atoms with Gasteiger partial charge in [0.1, 0.15) is 0 Å². The fourth-order valence-corrected chi connectivity index (χ4v) is 2.18. The van der Waals surface area contributed by atoms with Crippen LogP contribution in [0, 0.1) is 5.41 Å². The molecule has 0 unspecified atom stereocenters. The van der Waals surface area contributed by atoms with Gasteiger partial charge >= 0.3 is 0 Å². The van der Waals surface area contributed by atoms with E-state index in [4.69, 9.17) is 11.1 Å². The zero-order chi connectivity index (χ0) is 14.3. The number of nitrogens with zero attached hydrogens (tertiary/aromatic N) is 3. The molecule has 1 rings (SSSR count). The maximum atomic E-state index is 7.28. The minimum Gasteiger partial charge on any atom is -0.388 e. The molecule has 0 amide bonds. The zero-order valence-corrected chi connectivity index (χ0v) is 12.4. The molecule has 0 radical (unpaired) electrons. The van der Waals surface area contributed by atoms with Crippen molar-refractivity contribution in [2.45, 2.75) is 52.6 Å². The first-order valence-electron chi connectivity index (χ1n) is 7.19. The van der Waals surface area contributed by atoms with E-state index in [1.807, 2.05) is 0 Å². The summed E-state index contributed by atoms with van der Waals surface area (Å²) >= 11 is 0. The number of nitrogens with two attached hydrogens (primary N) is 1. The zero-order valence-electron chi connectivity index (χ0n) is 12.4. The van der Waals surface area contributed by atoms with Crippen molar-refractivity contribution >= 4 is 5.84 Å². The van der Waals surface area contributed by atoms with Gasteiger partial charge in [0.25, 0.3) is 0 Å². The lowest BCUT2D eigenvalue weighted by Gasteiger charge is -2.19. The standard InChI is InChI=1S/C14H27N5/c1-4-13(5-2)19-10-7-12(17-19)11-18(6-3)9-8-14(15)16/h7,10,13H,4-6,8-9,11H2,1-3H3,(H3,15,16). The molecule has 5 heteroatoms. The van der Waals surface area contributed by atoms with E-state index < -0.39 is 0 Å². The third kappa shape index (κ3) is 5.03. The second kappa shape index (κ2) is 7.94. The highest BCUT2D eigenvalue weighted by molar-refractivity contribution is 5.76. The first-order valence-corrected chi connectivity index (χ1v) is 7.19. The third-order valence-electron chi connectivity index (χ3n) is 3.51. The largest absolute Gasteiger partial charge is 0.388 e. The molecule has 0 aliphatic rings. The average molecular weight is 265 g/mol. The lowest BCUT2D eigenvalue weighted by atomic mass is 10.2. The Morgan fingerprint density at radius 3 is 2.63 bits per heavy atom. The van der Waals surface area contributed by atoms with Crippen LogP contribution in [0.2, 0.25) is 0 Å². The molecule has 0 spiro atoms. The monoisotopic (exact) mass is 265 g/mol. The molecule has 1 heterocycles. The van der Waals surface area contributed by atoms with Gasteiger partial charge in [0.2, 0.25) is 0 Å². The Morgan fingerprint density at radius 1 is 1.42 bits per heavy atom. The van der Waals surface area contributed by atoms with Crippen LogP contribution in [-0.2, 0) is 6.54 Å². The molecule has 0 bridgehead atoms. The predicted molar refractivity (Wildman–Crippen MR) is 79.3 cm³/mol. The van der Waals surface area contributed by atoms with Crippen LogP contribution in [0.25, 0.3) is 0 Å². The highest BCUT2D eigenvalue weighted by atomic mass is 15.3. The molecule has 0 atom stereocenters. The summed E-state index contributed by atoms with van der Waals surface area (Å²) in [7, 11) is 0. The molecule has 0 aliphatic heterocycles. The van der Waals surface area contributed by atoms with Gasteiger partial charge in [-0.2, -0.15) is 5.10 Å². The highest BCUT2D eigenvalue weighted by Gasteiger charge is 2.10. The highest BCUT2D eigenvalue weighted by Crippen LogP contribution is 2.15. The number of amidine groups is 1. The van der Waals surface area contributed by atoms with Crippen molar-refractivity contribution in [1.82, 2.24) is 14.7 Å². The van der Waals surface area contributed by atoms with E-state index in [2.05, 4.69) is 47.7 Å². The predicted octanol–water partition coefficient (Wildman–Crippen LogP) is 2.39. The van der Waals surface area contributed by atoms with E-state index in [0.717, 1.165) is 38.2 Å². The molecule has 5 nitrogen and oxygen atoms in total. The molecule has 1 aromatic heterocycles. The van der Waals surface area contributed by atoms with Gasteiger partial charge in [-0.25, -0.2) is 0 Å². The van der Waals surface area contributed by atoms with E-state index >= 15 is 0 Å². The maximum absolute atomic E-state index is 7.28. The van der Waals surface area contributed by atoms with E-state index in [9.17, 15) is 0 Å². The van der Waals surface area contributed by atoms with Gasteiger partial charge in [-0.3, -0.25) is 15.0 Å². The molecular weight excluding hydrogens is 238 g/mol. The Bertz CT molecular complexity index is 381. The summed E-state index contributed by atoms with van der Waals surface area (Å²) in [5.41, 5.74) is 6.50. The van der Waals surface area contributed by atoms with Gasteiger partial charge in [-0.15, -0.1) is 0 Å². The molecule has 1 aromatic rings. The number of nitrogens with one attached hydrogen (secondary N) is 1. The molecule has 0 aromatic carbocycles. The lowest BCUT2D eigenvalue weighted by Crippen LogP contribution is -2.27. The van der Waals surface area contributed by atoms with Gasteiger partial charge < -0.3 is 5.73 Å². The Balaban J connectivity index is 2.57. The van der Waals surface area contributed by atoms with Gasteiger partial charge in [0.15, 0.2) is 0 Å². The normalized spacial score (nSPS) is 11.4. The minimum absolute atomic E-state index is 0.251. The minimum atomic E-state index is 0.251. The van der Waals surface area contributed by atoms with E-state index in [1.165, 1.54) is 0 Å². The molecule has 0 fully saturated rings. The van der Waals surface area contributed by atoms with E-state index in [1.54, 1.807) is 0 Å². The Morgan fingerprint density at radius 2 is 2.11 bits per heavy atom. The SMILES string of the molecule is CCC(CC)n1ccc(CN(CC)CCC(=N)N)n1. The molecule has 19 heavy (non-hydrogen) atoms. The second-order valence-corrected chi connectivity index (χ2v) is 4.90. The summed E-state index contributed by atoms with van der Waals surface area (Å²) < 4.78 is 2.08. The van der Waals surface area contributed by atoms with Crippen molar-refractivity contribution in [2.75, 3.05) is 13.1 Å². The summed E-state index contributed by atoms with van der Waals surface area (Å²) in [5.74, 6) is 0.251. The molecule has 0 aliphatic carbocycles. The van der Waals surface area contributed by atoms with Crippen molar-refractivity contribution in [2.24, 2.45) is 5.73 Å². The second-order valence-electron chi connectivity index (χ2n) is 4.90. The quantitative estimate of drug-likeness (QED) is 0.532. The fraction of sp³-hybridized carbons (Fsp3) is 0.714. The molecular formula is C14H27N5. The first-order chi connectivity index (χ1) is 9.10. The van der Waals surface area contributed by atoms with Crippen molar-refractivity contribution in [3.05, 3.63) is 18.0 Å². The molecule has 108 valence electrons. The number of rotatable bonds is 9.